The number of hydrogen-bond donors (Lipinski definition) is 0. The summed E-state index contributed by atoms with van der Waals surface area (Å²) in [6, 6.07) is 50.5. The molecule has 51 heavy (non-hydrogen) atoms. The molecule has 1 aliphatic heterocycles. The van der Waals surface area contributed by atoms with Gasteiger partial charge in [-0.1, -0.05) is 140 Å². The highest BCUT2D eigenvalue weighted by Gasteiger charge is 2.33. The van der Waals surface area contributed by atoms with Crippen LogP contribution in [0.2, 0.25) is 0 Å². The molecule has 0 atom stereocenters. The number of hydrogen-bond acceptors (Lipinski definition) is 0. The minimum Gasteiger partial charge on any atom is -0.192 e. The van der Waals surface area contributed by atoms with Gasteiger partial charge in [-0.3, -0.25) is 0 Å². The first-order valence-corrected chi connectivity index (χ1v) is 20.1. The van der Waals surface area contributed by atoms with E-state index in [1.54, 1.807) is 0 Å². The first kappa shape index (κ1) is 31.4. The number of aryl methyl sites for hydroxylation is 2. The quantitative estimate of drug-likeness (QED) is 0.160. The van der Waals surface area contributed by atoms with Crippen LogP contribution in [0.25, 0.3) is 89.0 Å². The third-order valence-electron chi connectivity index (χ3n) is 10.9. The standard InChI is InChI=1S/C50H40S/c1-7-33-20-21-36(27-34(33)8-2)37-22-23-42-44(28-37)50(41-18-13-15-35-14-9-10-16-39(35)41)46-30-48-43(40-17-11-12-19-47(40)51(48,5)6)29-45(46)49(42)38-25-31(3)24-32(4)26-38/h7-30H,1-2H2,3-6H3. The minimum atomic E-state index is -1.22. The lowest BCUT2D eigenvalue weighted by molar-refractivity contribution is 1.39. The molecule has 0 aromatic heterocycles. The van der Waals surface area contributed by atoms with E-state index >= 15 is 0 Å². The Morgan fingerprint density at radius 1 is 0.431 bits per heavy atom. The molecule has 0 nitrogen and oxygen atoms in total. The SMILES string of the molecule is C=Cc1ccc(-c2ccc3c(-c4cc(C)cc(C)c4)c4cc5c(cc4c(-c4cccc6ccccc46)c3c2)S(C)(C)c2ccccc2-5)cc1C=C. The maximum Gasteiger partial charge on any atom is 0.00219 e. The predicted molar refractivity (Wildman–Crippen MR) is 226 cm³/mol. The summed E-state index contributed by atoms with van der Waals surface area (Å²) in [6.45, 7) is 12.6. The van der Waals surface area contributed by atoms with E-state index in [0.717, 1.165) is 11.1 Å². The molecule has 0 N–H and O–H groups in total. The fraction of sp³-hybridized carbons (Fsp3) is 0.0800. The first-order valence-electron chi connectivity index (χ1n) is 17.6. The van der Waals surface area contributed by atoms with Crippen molar-refractivity contribution in [3.05, 3.63) is 169 Å². The third kappa shape index (κ3) is 4.83. The average molecular weight is 673 g/mol. The van der Waals surface area contributed by atoms with Gasteiger partial charge in [0.05, 0.1) is 0 Å². The van der Waals surface area contributed by atoms with Crippen molar-refractivity contribution in [2.75, 3.05) is 12.5 Å². The van der Waals surface area contributed by atoms with Gasteiger partial charge in [-0.05, 0) is 145 Å². The second-order valence-corrected chi connectivity index (χ2v) is 17.9. The molecule has 0 saturated carbocycles. The second-order valence-electron chi connectivity index (χ2n) is 14.4. The molecule has 0 fully saturated rings. The Balaban J connectivity index is 1.50. The molecule has 0 aliphatic carbocycles. The summed E-state index contributed by atoms with van der Waals surface area (Å²) in [4.78, 5) is 2.94. The molecule has 8 aromatic carbocycles. The Labute approximate surface area is 302 Å². The average Bonchev–Trinajstić information content (AvgIpc) is 3.37. The maximum atomic E-state index is 4.11. The molecule has 1 aliphatic rings. The lowest BCUT2D eigenvalue weighted by Gasteiger charge is -2.29. The van der Waals surface area contributed by atoms with Gasteiger partial charge in [0.15, 0.2) is 0 Å². The molecule has 0 spiro atoms. The van der Waals surface area contributed by atoms with Gasteiger partial charge in [0.1, 0.15) is 0 Å². The molecular formula is C50H40S. The molecule has 0 amide bonds. The lowest BCUT2D eigenvalue weighted by Crippen LogP contribution is -1.96. The van der Waals surface area contributed by atoms with Crippen molar-refractivity contribution in [3.8, 4) is 44.5 Å². The maximum absolute atomic E-state index is 4.11. The van der Waals surface area contributed by atoms with Crippen LogP contribution in [0.1, 0.15) is 22.3 Å². The zero-order valence-electron chi connectivity index (χ0n) is 29.7. The van der Waals surface area contributed by atoms with E-state index in [9.17, 15) is 0 Å². The Bertz CT molecular complexity index is 2750. The van der Waals surface area contributed by atoms with Crippen LogP contribution >= 0.6 is 10.0 Å². The number of fused-ring (bicyclic) bond motifs is 6. The van der Waals surface area contributed by atoms with Crippen molar-refractivity contribution in [2.24, 2.45) is 0 Å². The summed E-state index contributed by atoms with van der Waals surface area (Å²) >= 11 is 0. The zero-order valence-corrected chi connectivity index (χ0v) is 30.5. The number of rotatable bonds is 5. The first-order chi connectivity index (χ1) is 24.8. The normalized spacial score (nSPS) is 13.6. The molecule has 0 bridgehead atoms. The van der Waals surface area contributed by atoms with Gasteiger partial charge in [0, 0.05) is 9.79 Å². The van der Waals surface area contributed by atoms with Crippen LogP contribution in [0.15, 0.2) is 156 Å². The molecule has 0 radical (unpaired) electrons. The molecule has 0 saturated heterocycles. The molecule has 1 heteroatoms. The molecule has 9 rings (SSSR count). The highest BCUT2D eigenvalue weighted by molar-refractivity contribution is 8.33. The van der Waals surface area contributed by atoms with Gasteiger partial charge < -0.3 is 0 Å². The van der Waals surface area contributed by atoms with Crippen LogP contribution in [0.4, 0.5) is 0 Å². The van der Waals surface area contributed by atoms with Crippen LogP contribution < -0.4 is 0 Å². The topological polar surface area (TPSA) is 0 Å². The van der Waals surface area contributed by atoms with Crippen molar-refractivity contribution in [1.82, 2.24) is 0 Å². The molecule has 246 valence electrons. The molecule has 1 heterocycles. The highest BCUT2D eigenvalue weighted by Crippen LogP contribution is 2.68. The van der Waals surface area contributed by atoms with Crippen molar-refractivity contribution >= 4 is 54.5 Å². The fourth-order valence-electron chi connectivity index (χ4n) is 8.60. The molecular weight excluding hydrogens is 633 g/mol. The number of benzene rings is 8. The zero-order chi connectivity index (χ0) is 35.0. The fourth-order valence-corrected chi connectivity index (χ4v) is 11.1. The van der Waals surface area contributed by atoms with Crippen molar-refractivity contribution in [2.45, 2.75) is 23.6 Å². The van der Waals surface area contributed by atoms with Crippen molar-refractivity contribution < 1.29 is 0 Å². The van der Waals surface area contributed by atoms with E-state index in [4.69, 9.17) is 0 Å². The minimum absolute atomic E-state index is 1.09. The van der Waals surface area contributed by atoms with Crippen LogP contribution in [0.5, 0.6) is 0 Å². The summed E-state index contributed by atoms with van der Waals surface area (Å²) in [5.74, 6) is 0. The van der Waals surface area contributed by atoms with Crippen LogP contribution in [0.3, 0.4) is 0 Å². The van der Waals surface area contributed by atoms with Gasteiger partial charge in [-0.2, -0.15) is 10.0 Å². The van der Waals surface area contributed by atoms with Crippen LogP contribution in [0, 0.1) is 13.8 Å². The van der Waals surface area contributed by atoms with E-state index in [2.05, 4.69) is 173 Å². The summed E-state index contributed by atoms with van der Waals surface area (Å²) in [6.07, 6.45) is 8.77. The monoisotopic (exact) mass is 672 g/mol. The van der Waals surface area contributed by atoms with E-state index in [1.165, 1.54) is 97.7 Å². The second kappa shape index (κ2) is 11.7. The Morgan fingerprint density at radius 2 is 1.08 bits per heavy atom. The summed E-state index contributed by atoms with van der Waals surface area (Å²) in [7, 11) is -1.22. The molecule has 8 aromatic rings. The van der Waals surface area contributed by atoms with E-state index in [-0.39, 0.29) is 0 Å². The van der Waals surface area contributed by atoms with Crippen LogP contribution in [-0.4, -0.2) is 12.5 Å². The van der Waals surface area contributed by atoms with E-state index < -0.39 is 10.0 Å². The molecule has 0 unspecified atom stereocenters. The van der Waals surface area contributed by atoms with Gasteiger partial charge in [-0.15, -0.1) is 0 Å². The lowest BCUT2D eigenvalue weighted by atomic mass is 9.82. The third-order valence-corrected chi connectivity index (χ3v) is 13.8. The smallest absolute Gasteiger partial charge is 0.00219 e. The van der Waals surface area contributed by atoms with Gasteiger partial charge in [0.2, 0.25) is 0 Å². The van der Waals surface area contributed by atoms with Gasteiger partial charge in [0.25, 0.3) is 0 Å². The largest absolute Gasteiger partial charge is 0.192 e. The van der Waals surface area contributed by atoms with Crippen molar-refractivity contribution in [1.29, 1.82) is 0 Å². The summed E-state index contributed by atoms with van der Waals surface area (Å²) in [5, 5.41) is 7.67. The summed E-state index contributed by atoms with van der Waals surface area (Å²) in [5.41, 5.74) is 15.0. The summed E-state index contributed by atoms with van der Waals surface area (Å²) < 4.78 is 0. The Hall–Kier alpha value is -5.63. The van der Waals surface area contributed by atoms with E-state index in [1.807, 2.05) is 12.2 Å². The Morgan fingerprint density at radius 3 is 1.88 bits per heavy atom. The highest BCUT2D eigenvalue weighted by atomic mass is 32.3. The van der Waals surface area contributed by atoms with Gasteiger partial charge in [-0.25, -0.2) is 0 Å². The van der Waals surface area contributed by atoms with Gasteiger partial charge >= 0.3 is 0 Å². The predicted octanol–water partition coefficient (Wildman–Crippen LogP) is 14.5. The van der Waals surface area contributed by atoms with Crippen molar-refractivity contribution in [3.63, 3.8) is 0 Å². The van der Waals surface area contributed by atoms with E-state index in [0.29, 0.717) is 0 Å². The van der Waals surface area contributed by atoms with Crippen LogP contribution in [-0.2, 0) is 0 Å². The Kier molecular flexibility index (Phi) is 7.21.